The molecule has 2 aromatic rings. The first-order valence-electron chi connectivity index (χ1n) is 7.54. The molecule has 1 fully saturated rings. The Labute approximate surface area is 139 Å². The van der Waals surface area contributed by atoms with Crippen molar-refractivity contribution in [2.75, 3.05) is 31.2 Å². The van der Waals surface area contributed by atoms with Crippen molar-refractivity contribution in [1.29, 1.82) is 0 Å². The van der Waals surface area contributed by atoms with Gasteiger partial charge in [-0.1, -0.05) is 0 Å². The summed E-state index contributed by atoms with van der Waals surface area (Å²) in [4.78, 5) is 16.3. The van der Waals surface area contributed by atoms with E-state index in [-0.39, 0.29) is 11.6 Å². The molecule has 5 heteroatoms. The molecule has 0 bridgehead atoms. The highest BCUT2D eigenvalue weighted by atomic mass is 32.1. The molecule has 0 unspecified atom stereocenters. The van der Waals surface area contributed by atoms with Gasteiger partial charge in [0.1, 0.15) is 5.82 Å². The second-order valence-electron chi connectivity index (χ2n) is 5.41. The maximum Gasteiger partial charge on any atom is 0.185 e. The fraction of sp³-hybridized carbons (Fsp3) is 0.278. The van der Waals surface area contributed by atoms with Crippen molar-refractivity contribution in [3.05, 3.63) is 57.5 Å². The number of ether oxygens (including phenoxy) is 1. The highest BCUT2D eigenvalue weighted by molar-refractivity contribution is 7.12. The molecule has 1 aliphatic heterocycles. The van der Waals surface area contributed by atoms with Gasteiger partial charge in [-0.05, 0) is 49.4 Å². The Morgan fingerprint density at radius 2 is 2.04 bits per heavy atom. The first kappa shape index (κ1) is 15.9. The van der Waals surface area contributed by atoms with E-state index >= 15 is 0 Å². The zero-order valence-electron chi connectivity index (χ0n) is 12.9. The molecule has 3 rings (SSSR count). The minimum Gasteiger partial charge on any atom is -0.378 e. The number of hydrogen-bond acceptors (Lipinski definition) is 4. The first-order chi connectivity index (χ1) is 11.1. The monoisotopic (exact) mass is 331 g/mol. The van der Waals surface area contributed by atoms with Crippen molar-refractivity contribution in [3.8, 4) is 0 Å². The van der Waals surface area contributed by atoms with E-state index < -0.39 is 0 Å². The number of ketones is 1. The molecule has 1 aromatic heterocycles. The fourth-order valence-corrected chi connectivity index (χ4v) is 3.30. The van der Waals surface area contributed by atoms with E-state index in [9.17, 15) is 9.18 Å². The molecule has 1 aliphatic rings. The maximum absolute atomic E-state index is 14.3. The number of aryl methyl sites for hydroxylation is 1. The topological polar surface area (TPSA) is 29.5 Å². The van der Waals surface area contributed by atoms with Crippen LogP contribution in [0.2, 0.25) is 0 Å². The largest absolute Gasteiger partial charge is 0.378 e. The average Bonchev–Trinajstić information content (AvgIpc) is 2.99. The van der Waals surface area contributed by atoms with Crippen LogP contribution in [0.5, 0.6) is 0 Å². The van der Waals surface area contributed by atoms with Crippen LogP contribution >= 0.6 is 11.3 Å². The van der Waals surface area contributed by atoms with Gasteiger partial charge in [-0.2, -0.15) is 0 Å². The molecule has 0 N–H and O–H groups in total. The zero-order chi connectivity index (χ0) is 16.2. The first-order valence-corrected chi connectivity index (χ1v) is 8.36. The molecule has 1 aromatic carbocycles. The number of benzene rings is 1. The summed E-state index contributed by atoms with van der Waals surface area (Å²) in [5.41, 5.74) is 0.895. The number of rotatable bonds is 4. The van der Waals surface area contributed by atoms with E-state index in [1.54, 1.807) is 29.5 Å². The lowest BCUT2D eigenvalue weighted by atomic mass is 10.1. The van der Waals surface area contributed by atoms with Crippen molar-refractivity contribution in [2.24, 2.45) is 0 Å². The Kier molecular flexibility index (Phi) is 4.88. The Morgan fingerprint density at radius 1 is 1.26 bits per heavy atom. The standard InChI is InChI=1S/C18H18FNO2S/c1-13-2-4-15(23-13)5-7-18(21)14-3-6-17(16(19)12-14)20-8-10-22-11-9-20/h2-7,12H,8-11H2,1H3/b7-5+. The molecule has 0 aliphatic carbocycles. The van der Waals surface area contributed by atoms with Gasteiger partial charge in [0.15, 0.2) is 5.78 Å². The minimum absolute atomic E-state index is 0.191. The van der Waals surface area contributed by atoms with Gasteiger partial charge in [-0.3, -0.25) is 4.79 Å². The Balaban J connectivity index is 1.74. The predicted octanol–water partition coefficient (Wildman–Crippen LogP) is 3.93. The number of anilines is 1. The number of halogens is 1. The SMILES string of the molecule is Cc1ccc(/C=C/C(=O)c2ccc(N3CCOCC3)c(F)c2)s1. The van der Waals surface area contributed by atoms with Gasteiger partial charge < -0.3 is 9.64 Å². The lowest BCUT2D eigenvalue weighted by molar-refractivity contribution is 0.104. The molecule has 0 spiro atoms. The summed E-state index contributed by atoms with van der Waals surface area (Å²) >= 11 is 1.62. The van der Waals surface area contributed by atoms with Gasteiger partial charge in [-0.15, -0.1) is 11.3 Å². The number of thiophene rings is 1. The highest BCUT2D eigenvalue weighted by Gasteiger charge is 2.16. The molecule has 2 heterocycles. The van der Waals surface area contributed by atoms with Gasteiger partial charge in [0.05, 0.1) is 18.9 Å². The fourth-order valence-electron chi connectivity index (χ4n) is 2.52. The lowest BCUT2D eigenvalue weighted by Crippen LogP contribution is -2.36. The summed E-state index contributed by atoms with van der Waals surface area (Å²) in [7, 11) is 0. The molecule has 120 valence electrons. The Hall–Kier alpha value is -1.98. The average molecular weight is 331 g/mol. The number of hydrogen-bond donors (Lipinski definition) is 0. The molecular weight excluding hydrogens is 313 g/mol. The molecule has 0 saturated carbocycles. The van der Waals surface area contributed by atoms with Gasteiger partial charge in [0.2, 0.25) is 0 Å². The van der Waals surface area contributed by atoms with Crippen molar-refractivity contribution < 1.29 is 13.9 Å². The summed E-state index contributed by atoms with van der Waals surface area (Å²) in [5.74, 6) is -0.554. The predicted molar refractivity (Wildman–Crippen MR) is 91.9 cm³/mol. The zero-order valence-corrected chi connectivity index (χ0v) is 13.7. The summed E-state index contributed by atoms with van der Waals surface area (Å²) in [5, 5.41) is 0. The normalized spacial score (nSPS) is 15.3. The third kappa shape index (κ3) is 3.86. The van der Waals surface area contributed by atoms with Crippen LogP contribution in [0.15, 0.2) is 36.4 Å². The van der Waals surface area contributed by atoms with Gasteiger partial charge in [-0.25, -0.2) is 4.39 Å². The van der Waals surface area contributed by atoms with E-state index in [1.807, 2.05) is 24.0 Å². The smallest absolute Gasteiger partial charge is 0.185 e. The summed E-state index contributed by atoms with van der Waals surface area (Å²) in [6.45, 7) is 4.55. The number of morpholine rings is 1. The highest BCUT2D eigenvalue weighted by Crippen LogP contribution is 2.22. The number of allylic oxidation sites excluding steroid dienone is 1. The summed E-state index contributed by atoms with van der Waals surface area (Å²) in [6, 6.07) is 8.64. The molecule has 3 nitrogen and oxygen atoms in total. The third-order valence-corrected chi connectivity index (χ3v) is 4.71. The second kappa shape index (κ2) is 7.06. The van der Waals surface area contributed by atoms with E-state index in [0.717, 1.165) is 4.88 Å². The molecular formula is C18H18FNO2S. The van der Waals surface area contributed by atoms with Crippen molar-refractivity contribution in [3.63, 3.8) is 0 Å². The summed E-state index contributed by atoms with van der Waals surface area (Å²) in [6.07, 6.45) is 3.27. The number of nitrogens with zero attached hydrogens (tertiary/aromatic N) is 1. The molecule has 23 heavy (non-hydrogen) atoms. The van der Waals surface area contributed by atoms with Gasteiger partial charge >= 0.3 is 0 Å². The number of carbonyl (C=O) groups is 1. The summed E-state index contributed by atoms with van der Waals surface area (Å²) < 4.78 is 19.6. The van der Waals surface area contributed by atoms with Crippen molar-refractivity contribution >= 4 is 28.9 Å². The van der Waals surface area contributed by atoms with E-state index in [0.29, 0.717) is 37.6 Å². The van der Waals surface area contributed by atoms with Crippen LogP contribution in [-0.2, 0) is 4.74 Å². The van der Waals surface area contributed by atoms with Gasteiger partial charge in [0.25, 0.3) is 0 Å². The molecule has 0 radical (unpaired) electrons. The molecule has 0 amide bonds. The van der Waals surface area contributed by atoms with Crippen LogP contribution in [-0.4, -0.2) is 32.1 Å². The molecule has 0 atom stereocenters. The van der Waals surface area contributed by atoms with Crippen LogP contribution in [0, 0.1) is 12.7 Å². The number of carbonyl (C=O) groups excluding carboxylic acids is 1. The van der Waals surface area contributed by atoms with Crippen LogP contribution in [0.1, 0.15) is 20.1 Å². The van der Waals surface area contributed by atoms with Crippen LogP contribution in [0.25, 0.3) is 6.08 Å². The van der Waals surface area contributed by atoms with E-state index in [4.69, 9.17) is 4.74 Å². The van der Waals surface area contributed by atoms with E-state index in [1.165, 1.54) is 17.0 Å². The molecule has 1 saturated heterocycles. The van der Waals surface area contributed by atoms with Crippen molar-refractivity contribution in [2.45, 2.75) is 6.92 Å². The maximum atomic E-state index is 14.3. The minimum atomic E-state index is -0.363. The van der Waals surface area contributed by atoms with Crippen LogP contribution < -0.4 is 4.90 Å². The van der Waals surface area contributed by atoms with Gasteiger partial charge in [0, 0.05) is 28.4 Å². The third-order valence-electron chi connectivity index (χ3n) is 3.74. The second-order valence-corrected chi connectivity index (χ2v) is 6.73. The lowest BCUT2D eigenvalue weighted by Gasteiger charge is -2.29. The van der Waals surface area contributed by atoms with E-state index in [2.05, 4.69) is 0 Å². The van der Waals surface area contributed by atoms with Crippen LogP contribution in [0.3, 0.4) is 0 Å². The van der Waals surface area contributed by atoms with Crippen molar-refractivity contribution in [1.82, 2.24) is 0 Å². The Morgan fingerprint density at radius 3 is 2.70 bits per heavy atom. The van der Waals surface area contributed by atoms with Crippen LogP contribution in [0.4, 0.5) is 10.1 Å². The Bertz CT molecular complexity index is 732. The quantitative estimate of drug-likeness (QED) is 0.628.